The molecule has 12 nitrogen and oxygen atoms in total. The molecule has 4 rings (SSSR count). The maximum absolute atomic E-state index is 13.6. The van der Waals surface area contributed by atoms with E-state index in [-0.39, 0.29) is 44.0 Å². The zero-order valence-electron chi connectivity index (χ0n) is 25.2. The highest BCUT2D eigenvalue weighted by molar-refractivity contribution is 5.90. The lowest BCUT2D eigenvalue weighted by Crippen LogP contribution is -2.39. The quantitative estimate of drug-likeness (QED) is 0.126. The number of aromatic nitrogens is 2. The molecule has 0 saturated heterocycles. The number of fused-ring (bicyclic) bond motifs is 4. The molecular weight excluding hydrogens is 568 g/mol. The highest BCUT2D eigenvalue weighted by Crippen LogP contribution is 2.38. The smallest absolute Gasteiger partial charge is 0.408 e. The van der Waals surface area contributed by atoms with Crippen LogP contribution in [-0.4, -0.2) is 58.8 Å². The average molecular weight is 605 g/mol. The molecule has 12 heteroatoms. The molecule has 1 unspecified atom stereocenters. The second-order valence-corrected chi connectivity index (χ2v) is 11.3. The molecule has 0 fully saturated rings. The minimum atomic E-state index is -1.10. The summed E-state index contributed by atoms with van der Waals surface area (Å²) in [7, 11) is 1.47. The zero-order chi connectivity index (χ0) is 32.2. The summed E-state index contributed by atoms with van der Waals surface area (Å²) in [5.41, 5.74) is 2.85. The fourth-order valence-corrected chi connectivity index (χ4v) is 4.85. The number of aldehydes is 1. The van der Waals surface area contributed by atoms with Crippen LogP contribution in [-0.2, 0) is 38.8 Å². The number of nitrogens with one attached hydrogen (secondary N) is 2. The number of rotatable bonds is 12. The zero-order valence-corrected chi connectivity index (χ0v) is 25.2. The van der Waals surface area contributed by atoms with Gasteiger partial charge in [0.15, 0.2) is 0 Å². The first-order chi connectivity index (χ1) is 20.9. The van der Waals surface area contributed by atoms with Crippen molar-refractivity contribution < 1.29 is 33.7 Å². The van der Waals surface area contributed by atoms with Gasteiger partial charge in [-0.25, -0.2) is 9.78 Å². The van der Waals surface area contributed by atoms with Crippen molar-refractivity contribution in [1.29, 1.82) is 0 Å². The Morgan fingerprint density at radius 3 is 2.61 bits per heavy atom. The summed E-state index contributed by atoms with van der Waals surface area (Å²) in [6, 6.07) is 6.89. The summed E-state index contributed by atoms with van der Waals surface area (Å²) in [6.07, 6.45) is 0.134. The van der Waals surface area contributed by atoms with E-state index in [1.54, 1.807) is 49.6 Å². The van der Waals surface area contributed by atoms with Gasteiger partial charge in [0.25, 0.3) is 5.56 Å². The molecule has 0 radical (unpaired) electrons. The number of pyridine rings is 2. The van der Waals surface area contributed by atoms with Crippen molar-refractivity contribution in [2.45, 2.75) is 52.2 Å². The Kier molecular flexibility index (Phi) is 9.65. The van der Waals surface area contributed by atoms with E-state index in [4.69, 9.17) is 19.2 Å². The minimum Gasteiger partial charge on any atom is -0.489 e. The van der Waals surface area contributed by atoms with Crippen LogP contribution in [0.3, 0.4) is 0 Å². The first kappa shape index (κ1) is 32.1. The van der Waals surface area contributed by atoms with E-state index in [1.165, 1.54) is 13.2 Å². The fraction of sp³-hybridized carbons (Fsp3) is 0.344. The maximum Gasteiger partial charge on any atom is 0.408 e. The second-order valence-electron chi connectivity index (χ2n) is 11.3. The molecule has 1 atom stereocenters. The molecule has 3 aromatic rings. The van der Waals surface area contributed by atoms with E-state index < -0.39 is 23.7 Å². The van der Waals surface area contributed by atoms with E-state index in [0.717, 1.165) is 0 Å². The topological polar surface area (TPSA) is 158 Å². The molecule has 0 spiro atoms. The lowest BCUT2D eigenvalue weighted by molar-refractivity contribution is -0.120. The van der Waals surface area contributed by atoms with Gasteiger partial charge in [-0.2, -0.15) is 0 Å². The molecule has 0 aliphatic carbocycles. The van der Waals surface area contributed by atoms with E-state index in [0.29, 0.717) is 56.6 Å². The highest BCUT2D eigenvalue weighted by atomic mass is 16.6. The lowest BCUT2D eigenvalue weighted by Gasteiger charge is -2.19. The highest BCUT2D eigenvalue weighted by Gasteiger charge is 2.29. The number of hydrogen-bond acceptors (Lipinski definition) is 9. The van der Waals surface area contributed by atoms with Gasteiger partial charge in [-0.15, -0.1) is 6.58 Å². The predicted octanol–water partition coefficient (Wildman–Crippen LogP) is 3.07. The number of methoxy groups -OCH3 is 1. The van der Waals surface area contributed by atoms with Crippen molar-refractivity contribution in [2.75, 3.05) is 20.3 Å². The van der Waals surface area contributed by atoms with Crippen LogP contribution in [0.15, 0.2) is 53.9 Å². The van der Waals surface area contributed by atoms with E-state index in [1.807, 2.05) is 0 Å². The Bertz CT molecular complexity index is 1700. The van der Waals surface area contributed by atoms with Crippen LogP contribution < -0.4 is 20.9 Å². The third-order valence-electron chi connectivity index (χ3n) is 6.85. The summed E-state index contributed by atoms with van der Waals surface area (Å²) in [6.45, 7) is 12.3. The van der Waals surface area contributed by atoms with Crippen molar-refractivity contribution in [3.05, 3.63) is 81.7 Å². The average Bonchev–Trinajstić information content (AvgIpc) is 3.35. The van der Waals surface area contributed by atoms with Crippen molar-refractivity contribution in [3.8, 4) is 17.1 Å². The van der Waals surface area contributed by atoms with Crippen LogP contribution in [0.2, 0.25) is 0 Å². The second kappa shape index (κ2) is 13.2. The Labute approximate surface area is 254 Å². The Morgan fingerprint density at radius 1 is 1.20 bits per heavy atom. The Morgan fingerprint density at radius 2 is 1.95 bits per heavy atom. The lowest BCUT2D eigenvalue weighted by atomic mass is 9.99. The largest absolute Gasteiger partial charge is 0.489 e. The predicted molar refractivity (Wildman–Crippen MR) is 163 cm³/mol. The summed E-state index contributed by atoms with van der Waals surface area (Å²) >= 11 is 0. The van der Waals surface area contributed by atoms with Gasteiger partial charge in [-0.05, 0) is 56.2 Å². The third-order valence-corrected chi connectivity index (χ3v) is 6.85. The van der Waals surface area contributed by atoms with Crippen LogP contribution in [0.1, 0.15) is 49.1 Å². The van der Waals surface area contributed by atoms with Crippen LogP contribution in [0, 0.1) is 0 Å². The Hall–Kier alpha value is -4.81. The molecular formula is C32H36N4O8. The summed E-state index contributed by atoms with van der Waals surface area (Å²) in [4.78, 5) is 54.3. The molecule has 1 aromatic carbocycles. The normalized spacial score (nSPS) is 12.6. The van der Waals surface area contributed by atoms with Crippen LogP contribution >= 0.6 is 0 Å². The SMILES string of the molecule is C=CC(O)c1cc2n(c(=O)c1COC)Cc1c-2nc2ccc(OCC(=C)C=O)cc2c1CNC(=O)CNC(=O)OC(C)(C)C. The molecule has 0 bridgehead atoms. The number of benzene rings is 1. The first-order valence-electron chi connectivity index (χ1n) is 13.9. The van der Waals surface area contributed by atoms with Gasteiger partial charge in [0, 0.05) is 35.7 Å². The molecule has 1 aliphatic heterocycles. The molecule has 3 N–H and O–H groups in total. The molecule has 0 saturated carbocycles. The van der Waals surface area contributed by atoms with E-state index >= 15 is 0 Å². The van der Waals surface area contributed by atoms with E-state index in [9.17, 15) is 24.3 Å². The number of amides is 2. The summed E-state index contributed by atoms with van der Waals surface area (Å²) in [5, 5.41) is 16.6. The van der Waals surface area contributed by atoms with Crippen molar-refractivity contribution in [2.24, 2.45) is 0 Å². The number of nitrogens with zero attached hydrogens (tertiary/aromatic N) is 2. The number of ether oxygens (including phenoxy) is 3. The first-order valence-corrected chi connectivity index (χ1v) is 13.9. The Balaban J connectivity index is 1.76. The van der Waals surface area contributed by atoms with Gasteiger partial charge in [0.2, 0.25) is 5.91 Å². The van der Waals surface area contributed by atoms with E-state index in [2.05, 4.69) is 23.8 Å². The van der Waals surface area contributed by atoms with Gasteiger partial charge in [-0.1, -0.05) is 12.7 Å². The maximum atomic E-state index is 13.6. The molecule has 1 aliphatic rings. The molecule has 232 valence electrons. The minimum absolute atomic E-state index is 0.00665. The van der Waals surface area contributed by atoms with Gasteiger partial charge < -0.3 is 34.5 Å². The number of alkyl carbamates (subject to hydrolysis) is 1. The van der Waals surface area contributed by atoms with Crippen LogP contribution in [0.5, 0.6) is 5.75 Å². The van der Waals surface area contributed by atoms with Gasteiger partial charge >= 0.3 is 6.09 Å². The third kappa shape index (κ3) is 7.04. The standard InChI is InChI=1S/C32H36N4O8/c1-7-27(38)21-11-26-29-23(14-36(26)30(40)24(21)17-42-6)22(12-33-28(39)13-34-31(41)44-32(3,4)5)20-10-19(8-9-25(20)35-29)43-16-18(2)15-37/h7-11,15,27,38H,1-2,12-14,16-17H2,3-6H3,(H,33,39)(H,34,41). The summed E-state index contributed by atoms with van der Waals surface area (Å²) in [5.74, 6) is -0.0106. The van der Waals surface area contributed by atoms with Crippen molar-refractivity contribution in [3.63, 3.8) is 0 Å². The van der Waals surface area contributed by atoms with Crippen molar-refractivity contribution >= 4 is 29.2 Å². The molecule has 2 aromatic heterocycles. The van der Waals surface area contributed by atoms with Gasteiger partial charge in [-0.3, -0.25) is 14.4 Å². The number of hydrogen-bond donors (Lipinski definition) is 3. The summed E-state index contributed by atoms with van der Waals surface area (Å²) < 4.78 is 17.7. The number of aliphatic hydroxyl groups excluding tert-OH is 1. The monoisotopic (exact) mass is 604 g/mol. The number of aliphatic hydroxyl groups is 1. The van der Waals surface area contributed by atoms with Crippen LogP contribution in [0.25, 0.3) is 22.3 Å². The molecule has 3 heterocycles. The molecule has 44 heavy (non-hydrogen) atoms. The van der Waals surface area contributed by atoms with Gasteiger partial charge in [0.05, 0.1) is 36.2 Å². The fourth-order valence-electron chi connectivity index (χ4n) is 4.85. The number of carbonyl (C=O) groups excluding carboxylic acids is 3. The van der Waals surface area contributed by atoms with Crippen molar-refractivity contribution in [1.82, 2.24) is 20.2 Å². The molecule has 2 amide bonds. The van der Waals surface area contributed by atoms with Gasteiger partial charge in [0.1, 0.15) is 30.8 Å². The number of carbonyl (C=O) groups is 3. The van der Waals surface area contributed by atoms with Crippen LogP contribution in [0.4, 0.5) is 4.79 Å².